The zero-order valence-corrected chi connectivity index (χ0v) is 17.9. The first-order valence-corrected chi connectivity index (χ1v) is 10.8. The zero-order chi connectivity index (χ0) is 21.3. The van der Waals surface area contributed by atoms with E-state index in [1.807, 2.05) is 73.7 Å². The summed E-state index contributed by atoms with van der Waals surface area (Å²) in [5.41, 5.74) is 2.55. The van der Waals surface area contributed by atoms with Crippen molar-refractivity contribution in [1.82, 2.24) is 19.2 Å². The van der Waals surface area contributed by atoms with Crippen LogP contribution in [0.5, 0.6) is 0 Å². The van der Waals surface area contributed by atoms with E-state index in [9.17, 15) is 9.59 Å². The van der Waals surface area contributed by atoms with Gasteiger partial charge in [0, 0.05) is 12.2 Å². The molecule has 154 valence electrons. The highest BCUT2D eigenvalue weighted by atomic mass is 32.2. The highest BCUT2D eigenvalue weighted by molar-refractivity contribution is 8.00. The molecule has 2 aromatic heterocycles. The molecule has 0 radical (unpaired) electrons. The maximum absolute atomic E-state index is 12.9. The molecule has 1 amide bonds. The first-order valence-electron chi connectivity index (χ1n) is 9.90. The van der Waals surface area contributed by atoms with Gasteiger partial charge < -0.3 is 5.32 Å². The molecule has 2 aromatic carbocycles. The average molecular weight is 422 g/mol. The Hall–Kier alpha value is -3.13. The number of hydrogen-bond donors (Lipinski definition) is 1. The van der Waals surface area contributed by atoms with E-state index in [0.717, 1.165) is 23.2 Å². The van der Waals surface area contributed by atoms with Gasteiger partial charge in [0.25, 0.3) is 5.56 Å². The lowest BCUT2D eigenvalue weighted by molar-refractivity contribution is -0.115. The van der Waals surface area contributed by atoms with Crippen LogP contribution in [-0.2, 0) is 11.3 Å². The monoisotopic (exact) mass is 421 g/mol. The molecular weight excluding hydrogens is 398 g/mol. The number of rotatable bonds is 6. The van der Waals surface area contributed by atoms with Crippen molar-refractivity contribution in [3.05, 3.63) is 64.4 Å². The van der Waals surface area contributed by atoms with Crippen LogP contribution in [0, 0.1) is 6.92 Å². The summed E-state index contributed by atoms with van der Waals surface area (Å²) in [6.45, 7) is 6.41. The van der Waals surface area contributed by atoms with Crippen molar-refractivity contribution in [2.24, 2.45) is 0 Å². The van der Waals surface area contributed by atoms with Crippen LogP contribution in [-0.4, -0.2) is 30.3 Å². The average Bonchev–Trinajstić information content (AvgIpc) is 3.16. The molecule has 0 aliphatic rings. The molecule has 0 aliphatic heterocycles. The van der Waals surface area contributed by atoms with Gasteiger partial charge in [0.2, 0.25) is 11.7 Å². The summed E-state index contributed by atoms with van der Waals surface area (Å²) in [5.74, 6) is 0.376. The summed E-state index contributed by atoms with van der Waals surface area (Å²) in [7, 11) is 0. The lowest BCUT2D eigenvalue weighted by atomic mass is 10.2. The van der Waals surface area contributed by atoms with Crippen LogP contribution in [0.3, 0.4) is 0 Å². The van der Waals surface area contributed by atoms with Gasteiger partial charge in [-0.25, -0.2) is 0 Å². The lowest BCUT2D eigenvalue weighted by Crippen LogP contribution is -2.24. The number of thioether (sulfide) groups is 1. The minimum atomic E-state index is -0.399. The van der Waals surface area contributed by atoms with Crippen molar-refractivity contribution in [1.29, 1.82) is 0 Å². The van der Waals surface area contributed by atoms with Crippen LogP contribution < -0.4 is 10.9 Å². The van der Waals surface area contributed by atoms with Crippen LogP contribution in [0.15, 0.2) is 58.5 Å². The third-order valence-corrected chi connectivity index (χ3v) is 5.94. The Bertz CT molecular complexity index is 1280. The van der Waals surface area contributed by atoms with Gasteiger partial charge in [-0.15, -0.1) is 10.2 Å². The topological polar surface area (TPSA) is 81.3 Å². The fourth-order valence-corrected chi connectivity index (χ4v) is 4.18. The fourth-order valence-electron chi connectivity index (χ4n) is 3.33. The van der Waals surface area contributed by atoms with Crippen LogP contribution >= 0.6 is 11.8 Å². The van der Waals surface area contributed by atoms with Gasteiger partial charge in [-0.05, 0) is 44.5 Å². The predicted octanol–water partition coefficient (Wildman–Crippen LogP) is 3.88. The summed E-state index contributed by atoms with van der Waals surface area (Å²) < 4.78 is 3.52. The Kier molecular flexibility index (Phi) is 5.59. The number of carbonyl (C=O) groups excluding carboxylic acids is 1. The normalized spacial score (nSPS) is 12.4. The van der Waals surface area contributed by atoms with Gasteiger partial charge in [0.05, 0.1) is 16.2 Å². The van der Waals surface area contributed by atoms with Gasteiger partial charge >= 0.3 is 0 Å². The number of hydrogen-bond acceptors (Lipinski definition) is 5. The molecule has 0 aliphatic carbocycles. The summed E-state index contributed by atoms with van der Waals surface area (Å²) in [6.07, 6.45) is 0.804. The number of anilines is 1. The molecule has 4 rings (SSSR count). The van der Waals surface area contributed by atoms with Gasteiger partial charge in [-0.2, -0.15) is 0 Å². The van der Waals surface area contributed by atoms with Crippen molar-refractivity contribution in [3.63, 3.8) is 0 Å². The molecule has 0 saturated heterocycles. The first kappa shape index (κ1) is 20.2. The van der Waals surface area contributed by atoms with Crippen molar-refractivity contribution >= 4 is 40.0 Å². The Morgan fingerprint density at radius 2 is 1.87 bits per heavy atom. The van der Waals surface area contributed by atoms with E-state index in [1.54, 1.807) is 4.57 Å². The Labute approximate surface area is 178 Å². The number of aryl methyl sites for hydroxylation is 2. The SMILES string of the molecule is CCCn1c(=O)c2ccccc2n2c(S[C@@H](C)C(=O)Nc3ccc(C)cc3)nnc12. The molecule has 0 bridgehead atoms. The molecule has 0 fully saturated rings. The molecule has 1 atom stereocenters. The van der Waals surface area contributed by atoms with Crippen molar-refractivity contribution in [2.75, 3.05) is 5.32 Å². The number of amides is 1. The van der Waals surface area contributed by atoms with E-state index < -0.39 is 5.25 Å². The molecule has 0 spiro atoms. The Balaban J connectivity index is 1.70. The number of nitrogens with one attached hydrogen (secondary N) is 1. The highest BCUT2D eigenvalue weighted by Gasteiger charge is 2.21. The third-order valence-electron chi connectivity index (χ3n) is 4.90. The number of para-hydroxylation sites is 1. The number of aromatic nitrogens is 4. The van der Waals surface area contributed by atoms with Crippen LogP contribution in [0.1, 0.15) is 25.8 Å². The summed E-state index contributed by atoms with van der Waals surface area (Å²) in [4.78, 5) is 25.6. The fraction of sp³-hybridized carbons (Fsp3) is 0.273. The number of carbonyl (C=O) groups is 1. The quantitative estimate of drug-likeness (QED) is 0.478. The second kappa shape index (κ2) is 8.31. The first-order chi connectivity index (χ1) is 14.5. The largest absolute Gasteiger partial charge is 0.325 e. The molecule has 4 aromatic rings. The molecule has 0 saturated carbocycles. The third kappa shape index (κ3) is 3.70. The standard InChI is InChI=1S/C22H23N5O2S/c1-4-13-26-20(29)17-7-5-6-8-18(17)27-21(26)24-25-22(27)30-15(3)19(28)23-16-11-9-14(2)10-12-16/h5-12,15H,4,13H2,1-3H3,(H,23,28)/t15-/m0/s1. The van der Waals surface area contributed by atoms with E-state index in [2.05, 4.69) is 15.5 Å². The molecule has 7 nitrogen and oxygen atoms in total. The molecule has 1 N–H and O–H groups in total. The second-order valence-electron chi connectivity index (χ2n) is 7.21. The molecular formula is C22H23N5O2S. The summed E-state index contributed by atoms with van der Waals surface area (Å²) in [5, 5.41) is 12.3. The Morgan fingerprint density at radius 3 is 2.60 bits per heavy atom. The minimum absolute atomic E-state index is 0.0749. The zero-order valence-electron chi connectivity index (χ0n) is 17.1. The summed E-state index contributed by atoms with van der Waals surface area (Å²) in [6, 6.07) is 15.1. The molecule has 0 unspecified atom stereocenters. The van der Waals surface area contributed by atoms with Gasteiger partial charge in [0.1, 0.15) is 0 Å². The van der Waals surface area contributed by atoms with E-state index >= 15 is 0 Å². The lowest BCUT2D eigenvalue weighted by Gasteiger charge is -2.13. The van der Waals surface area contributed by atoms with E-state index in [0.29, 0.717) is 22.9 Å². The second-order valence-corrected chi connectivity index (χ2v) is 8.52. The number of benzene rings is 2. The smallest absolute Gasteiger partial charge is 0.262 e. The van der Waals surface area contributed by atoms with Crippen LogP contribution in [0.25, 0.3) is 16.7 Å². The van der Waals surface area contributed by atoms with Crippen molar-refractivity contribution < 1.29 is 4.79 Å². The molecule has 8 heteroatoms. The molecule has 30 heavy (non-hydrogen) atoms. The maximum atomic E-state index is 12.9. The van der Waals surface area contributed by atoms with Gasteiger partial charge in [-0.1, -0.05) is 48.5 Å². The van der Waals surface area contributed by atoms with E-state index in [1.165, 1.54) is 11.8 Å². The number of nitrogens with zero attached hydrogens (tertiary/aromatic N) is 4. The van der Waals surface area contributed by atoms with E-state index in [-0.39, 0.29) is 11.5 Å². The van der Waals surface area contributed by atoms with Crippen LogP contribution in [0.4, 0.5) is 5.69 Å². The van der Waals surface area contributed by atoms with E-state index in [4.69, 9.17) is 0 Å². The number of fused-ring (bicyclic) bond motifs is 3. The minimum Gasteiger partial charge on any atom is -0.325 e. The highest BCUT2D eigenvalue weighted by Crippen LogP contribution is 2.26. The van der Waals surface area contributed by atoms with Crippen molar-refractivity contribution in [3.8, 4) is 0 Å². The maximum Gasteiger partial charge on any atom is 0.262 e. The molecule has 2 heterocycles. The van der Waals surface area contributed by atoms with Gasteiger partial charge in [-0.3, -0.25) is 18.6 Å². The Morgan fingerprint density at radius 1 is 1.13 bits per heavy atom. The van der Waals surface area contributed by atoms with Gasteiger partial charge in [0.15, 0.2) is 5.16 Å². The predicted molar refractivity (Wildman–Crippen MR) is 120 cm³/mol. The van der Waals surface area contributed by atoms with Crippen molar-refractivity contribution in [2.45, 2.75) is 44.1 Å². The summed E-state index contributed by atoms with van der Waals surface area (Å²) >= 11 is 1.32. The van der Waals surface area contributed by atoms with Crippen LogP contribution in [0.2, 0.25) is 0 Å².